The molecule has 1 rings (SSSR count). The van der Waals surface area contributed by atoms with Crippen molar-refractivity contribution >= 4 is 0 Å². The standard InChI is InChI=1S/C8H13NO2.CH4/c10-9(11)7-8-5-3-1-2-4-6-8;/h5H,1-4,6-7H2;1H4. The maximum atomic E-state index is 10.1. The SMILES string of the molecule is C.O=[N+]([O-])CC1=CCCCCC1. The lowest BCUT2D eigenvalue weighted by atomic mass is 10.1. The average molecular weight is 171 g/mol. The van der Waals surface area contributed by atoms with Crippen LogP contribution < -0.4 is 0 Å². The molecule has 0 heterocycles. The molecule has 3 nitrogen and oxygen atoms in total. The zero-order chi connectivity index (χ0) is 8.10. The zero-order valence-corrected chi connectivity index (χ0v) is 6.58. The first-order chi connectivity index (χ1) is 5.29. The molecule has 0 aromatic rings. The molecule has 0 spiro atoms. The normalized spacial score (nSPS) is 17.2. The van der Waals surface area contributed by atoms with Crippen molar-refractivity contribution in [2.24, 2.45) is 0 Å². The first-order valence-electron chi connectivity index (χ1n) is 4.09. The molecule has 3 heteroatoms. The van der Waals surface area contributed by atoms with E-state index in [1.54, 1.807) is 0 Å². The third kappa shape index (κ3) is 4.11. The Kier molecular flexibility index (Phi) is 5.34. The molecule has 0 aromatic carbocycles. The highest BCUT2D eigenvalue weighted by Crippen LogP contribution is 2.16. The van der Waals surface area contributed by atoms with E-state index in [-0.39, 0.29) is 18.9 Å². The second-order valence-electron chi connectivity index (χ2n) is 2.95. The fraction of sp³-hybridized carbons (Fsp3) is 0.778. The number of hydrogen-bond acceptors (Lipinski definition) is 2. The second-order valence-corrected chi connectivity index (χ2v) is 2.95. The Bertz CT molecular complexity index is 175. The van der Waals surface area contributed by atoms with E-state index >= 15 is 0 Å². The van der Waals surface area contributed by atoms with E-state index in [0.717, 1.165) is 24.8 Å². The van der Waals surface area contributed by atoms with E-state index in [1.165, 1.54) is 12.8 Å². The monoisotopic (exact) mass is 171 g/mol. The van der Waals surface area contributed by atoms with Crippen molar-refractivity contribution in [3.63, 3.8) is 0 Å². The van der Waals surface area contributed by atoms with E-state index in [1.807, 2.05) is 6.08 Å². The first-order valence-corrected chi connectivity index (χ1v) is 4.09. The summed E-state index contributed by atoms with van der Waals surface area (Å²) in [5.74, 6) is 0. The third-order valence-corrected chi connectivity index (χ3v) is 1.97. The van der Waals surface area contributed by atoms with Gasteiger partial charge in [-0.15, -0.1) is 0 Å². The second kappa shape index (κ2) is 5.75. The van der Waals surface area contributed by atoms with Crippen LogP contribution in [0.25, 0.3) is 0 Å². The number of rotatable bonds is 2. The fourth-order valence-electron chi connectivity index (χ4n) is 1.39. The number of nitro groups is 1. The van der Waals surface area contributed by atoms with Crippen LogP contribution in [0.5, 0.6) is 0 Å². The van der Waals surface area contributed by atoms with Crippen molar-refractivity contribution in [1.29, 1.82) is 0 Å². The molecule has 1 aliphatic carbocycles. The predicted octanol–water partition coefficient (Wildman–Crippen LogP) is 2.79. The summed E-state index contributed by atoms with van der Waals surface area (Å²) in [7, 11) is 0. The molecule has 0 aromatic heterocycles. The molecule has 1 aliphatic rings. The van der Waals surface area contributed by atoms with Gasteiger partial charge in [0, 0.05) is 4.92 Å². The molecule has 0 saturated heterocycles. The smallest absolute Gasteiger partial charge is 0.224 e. The molecule has 0 atom stereocenters. The van der Waals surface area contributed by atoms with E-state index < -0.39 is 0 Å². The van der Waals surface area contributed by atoms with Crippen LogP contribution in [-0.2, 0) is 0 Å². The van der Waals surface area contributed by atoms with Gasteiger partial charge in [0.1, 0.15) is 0 Å². The van der Waals surface area contributed by atoms with E-state index in [4.69, 9.17) is 0 Å². The Morgan fingerprint density at radius 1 is 1.42 bits per heavy atom. The number of nitrogens with zero attached hydrogens (tertiary/aromatic N) is 1. The predicted molar refractivity (Wildman–Crippen MR) is 49.8 cm³/mol. The van der Waals surface area contributed by atoms with Gasteiger partial charge in [0.25, 0.3) is 0 Å². The van der Waals surface area contributed by atoms with Crippen LogP contribution in [0.2, 0.25) is 0 Å². The van der Waals surface area contributed by atoms with Gasteiger partial charge < -0.3 is 0 Å². The first kappa shape index (κ1) is 11.1. The Balaban J connectivity index is 0.00000121. The third-order valence-electron chi connectivity index (χ3n) is 1.97. The van der Waals surface area contributed by atoms with Crippen molar-refractivity contribution in [2.75, 3.05) is 6.54 Å². The van der Waals surface area contributed by atoms with E-state index in [2.05, 4.69) is 0 Å². The van der Waals surface area contributed by atoms with Gasteiger partial charge in [-0.05, 0) is 31.3 Å². The largest absolute Gasteiger partial charge is 0.264 e. The Morgan fingerprint density at radius 2 is 2.17 bits per heavy atom. The van der Waals surface area contributed by atoms with Gasteiger partial charge in [0.15, 0.2) is 0 Å². The maximum absolute atomic E-state index is 10.1. The number of hydrogen-bond donors (Lipinski definition) is 0. The Labute approximate surface area is 73.6 Å². The molecule has 0 radical (unpaired) electrons. The van der Waals surface area contributed by atoms with Gasteiger partial charge in [-0.25, -0.2) is 0 Å². The lowest BCUT2D eigenvalue weighted by molar-refractivity contribution is -0.471. The van der Waals surface area contributed by atoms with E-state index in [0.29, 0.717) is 0 Å². The van der Waals surface area contributed by atoms with E-state index in [9.17, 15) is 10.1 Å². The highest BCUT2D eigenvalue weighted by atomic mass is 16.6. The average Bonchev–Trinajstić information content (AvgIpc) is 2.14. The molecule has 70 valence electrons. The molecular weight excluding hydrogens is 154 g/mol. The summed E-state index contributed by atoms with van der Waals surface area (Å²) in [6.07, 6.45) is 7.54. The van der Waals surface area contributed by atoms with Gasteiger partial charge in [0.2, 0.25) is 6.54 Å². The summed E-state index contributed by atoms with van der Waals surface area (Å²) in [5.41, 5.74) is 1.02. The molecule has 0 unspecified atom stereocenters. The van der Waals surface area contributed by atoms with Crippen molar-refractivity contribution in [1.82, 2.24) is 0 Å². The van der Waals surface area contributed by atoms with Crippen LogP contribution in [0, 0.1) is 10.1 Å². The minimum atomic E-state index is -0.239. The topological polar surface area (TPSA) is 43.1 Å². The lowest BCUT2D eigenvalue weighted by Gasteiger charge is -1.97. The Hall–Kier alpha value is -0.860. The quantitative estimate of drug-likeness (QED) is 0.364. The van der Waals surface area contributed by atoms with Crippen LogP contribution in [-0.4, -0.2) is 11.5 Å². The van der Waals surface area contributed by atoms with Crippen LogP contribution in [0.4, 0.5) is 0 Å². The molecule has 0 N–H and O–H groups in total. The molecule has 12 heavy (non-hydrogen) atoms. The summed E-state index contributed by atoms with van der Waals surface area (Å²) in [6, 6.07) is 0. The fourth-order valence-corrected chi connectivity index (χ4v) is 1.39. The van der Waals surface area contributed by atoms with Crippen LogP contribution >= 0.6 is 0 Å². The van der Waals surface area contributed by atoms with Crippen LogP contribution in [0.1, 0.15) is 39.5 Å². The molecule has 0 bridgehead atoms. The lowest BCUT2D eigenvalue weighted by Crippen LogP contribution is -2.03. The highest BCUT2D eigenvalue weighted by Gasteiger charge is 2.07. The van der Waals surface area contributed by atoms with Gasteiger partial charge in [-0.2, -0.15) is 0 Å². The molecular formula is C9H17NO2. The minimum Gasteiger partial charge on any atom is -0.264 e. The summed E-state index contributed by atoms with van der Waals surface area (Å²) < 4.78 is 0. The molecule has 0 aliphatic heterocycles. The molecule has 0 fully saturated rings. The van der Waals surface area contributed by atoms with Crippen molar-refractivity contribution in [2.45, 2.75) is 39.5 Å². The van der Waals surface area contributed by atoms with Crippen molar-refractivity contribution in [3.05, 3.63) is 21.8 Å². The summed E-state index contributed by atoms with van der Waals surface area (Å²) in [6.45, 7) is 0.0556. The van der Waals surface area contributed by atoms with Gasteiger partial charge in [-0.3, -0.25) is 10.1 Å². The van der Waals surface area contributed by atoms with Gasteiger partial charge >= 0.3 is 0 Å². The van der Waals surface area contributed by atoms with Gasteiger partial charge in [-0.1, -0.05) is 19.9 Å². The Morgan fingerprint density at radius 3 is 2.83 bits per heavy atom. The van der Waals surface area contributed by atoms with Crippen LogP contribution in [0.3, 0.4) is 0 Å². The van der Waals surface area contributed by atoms with Crippen molar-refractivity contribution < 1.29 is 4.92 Å². The number of allylic oxidation sites excluding steroid dienone is 1. The summed E-state index contributed by atoms with van der Waals surface area (Å²) in [5, 5.41) is 10.1. The highest BCUT2D eigenvalue weighted by molar-refractivity contribution is 5.03. The van der Waals surface area contributed by atoms with Gasteiger partial charge in [0.05, 0.1) is 0 Å². The molecule has 0 saturated carbocycles. The van der Waals surface area contributed by atoms with Crippen molar-refractivity contribution in [3.8, 4) is 0 Å². The molecule has 0 amide bonds. The maximum Gasteiger partial charge on any atom is 0.224 e. The van der Waals surface area contributed by atoms with Crippen LogP contribution in [0.15, 0.2) is 11.6 Å². The minimum absolute atomic E-state index is 0. The zero-order valence-electron chi connectivity index (χ0n) is 6.58. The summed E-state index contributed by atoms with van der Waals surface area (Å²) in [4.78, 5) is 9.91. The summed E-state index contributed by atoms with van der Waals surface area (Å²) >= 11 is 0.